The number of nitrogens with zero attached hydrogens (tertiary/aromatic N) is 1. The second-order valence-electron chi connectivity index (χ2n) is 6.20. The third-order valence-corrected chi connectivity index (χ3v) is 4.82. The molecular weight excluding hydrogens is 234 g/mol. The van der Waals surface area contributed by atoms with Crippen LogP contribution in [-0.4, -0.2) is 35.7 Å². The van der Waals surface area contributed by atoms with Crippen LogP contribution in [0.15, 0.2) is 24.3 Å². The second-order valence-corrected chi connectivity index (χ2v) is 6.20. The molecule has 1 heterocycles. The zero-order chi connectivity index (χ0) is 13.1. The smallest absolute Gasteiger partial charge is 0.0698 e. The molecule has 1 aromatic rings. The summed E-state index contributed by atoms with van der Waals surface area (Å²) in [6, 6.07) is 8.72. The monoisotopic (exact) mass is 259 g/mol. The fourth-order valence-corrected chi connectivity index (χ4v) is 3.61. The Balaban J connectivity index is 1.58. The summed E-state index contributed by atoms with van der Waals surface area (Å²) >= 11 is 0. The Morgan fingerprint density at radius 1 is 1.11 bits per heavy atom. The molecule has 19 heavy (non-hydrogen) atoms. The van der Waals surface area contributed by atoms with Crippen molar-refractivity contribution in [1.29, 1.82) is 0 Å². The van der Waals surface area contributed by atoms with Gasteiger partial charge in [0.1, 0.15) is 0 Å². The summed E-state index contributed by atoms with van der Waals surface area (Å²) in [7, 11) is 0. The van der Waals surface area contributed by atoms with Gasteiger partial charge in [0.05, 0.1) is 6.10 Å². The Labute approximate surface area is 116 Å². The predicted molar refractivity (Wildman–Crippen MR) is 78.3 cm³/mol. The van der Waals surface area contributed by atoms with Crippen molar-refractivity contribution in [3.05, 3.63) is 35.4 Å². The number of rotatable bonds is 3. The van der Waals surface area contributed by atoms with Gasteiger partial charge in [-0.1, -0.05) is 30.7 Å². The van der Waals surface area contributed by atoms with Gasteiger partial charge in [-0.3, -0.25) is 0 Å². The third-order valence-electron chi connectivity index (χ3n) is 4.82. The van der Waals surface area contributed by atoms with Crippen molar-refractivity contribution in [2.24, 2.45) is 5.92 Å². The van der Waals surface area contributed by atoms with Gasteiger partial charge in [-0.05, 0) is 62.2 Å². The number of β-amino-alcohol motifs (C(OH)–C–C–N with tert-alkyl or cyclic N) is 1. The van der Waals surface area contributed by atoms with Crippen LogP contribution in [0.2, 0.25) is 0 Å². The zero-order valence-corrected chi connectivity index (χ0v) is 11.7. The molecule has 0 aromatic heterocycles. The molecule has 0 amide bonds. The van der Waals surface area contributed by atoms with Crippen molar-refractivity contribution in [2.75, 3.05) is 19.6 Å². The molecule has 1 aromatic carbocycles. The molecule has 1 fully saturated rings. The van der Waals surface area contributed by atoms with Crippen LogP contribution in [0.3, 0.4) is 0 Å². The highest BCUT2D eigenvalue weighted by atomic mass is 16.3. The Morgan fingerprint density at radius 3 is 2.63 bits per heavy atom. The predicted octanol–water partition coefficient (Wildman–Crippen LogP) is 2.64. The summed E-state index contributed by atoms with van der Waals surface area (Å²) in [6.07, 6.45) is 7.17. The van der Waals surface area contributed by atoms with E-state index in [9.17, 15) is 5.11 Å². The number of aliphatic hydroxyl groups is 1. The topological polar surface area (TPSA) is 23.5 Å². The van der Waals surface area contributed by atoms with Gasteiger partial charge in [-0.15, -0.1) is 0 Å². The molecule has 3 rings (SSSR count). The number of hydrogen-bond donors (Lipinski definition) is 1. The van der Waals surface area contributed by atoms with Crippen LogP contribution in [0.4, 0.5) is 0 Å². The largest absolute Gasteiger partial charge is 0.391 e. The maximum absolute atomic E-state index is 10.5. The van der Waals surface area contributed by atoms with Crippen LogP contribution < -0.4 is 0 Å². The van der Waals surface area contributed by atoms with E-state index in [1.54, 1.807) is 0 Å². The maximum Gasteiger partial charge on any atom is 0.0698 e. The minimum Gasteiger partial charge on any atom is -0.391 e. The molecule has 0 radical (unpaired) electrons. The molecule has 1 saturated heterocycles. The highest BCUT2D eigenvalue weighted by molar-refractivity contribution is 5.29. The van der Waals surface area contributed by atoms with E-state index in [0.717, 1.165) is 25.8 Å². The molecule has 1 aliphatic heterocycles. The number of hydrogen-bond acceptors (Lipinski definition) is 2. The Bertz CT molecular complexity index is 411. The first-order chi connectivity index (χ1) is 9.33. The minimum absolute atomic E-state index is 0.147. The van der Waals surface area contributed by atoms with Crippen LogP contribution >= 0.6 is 0 Å². The highest BCUT2D eigenvalue weighted by Crippen LogP contribution is 2.28. The zero-order valence-electron chi connectivity index (χ0n) is 11.7. The van der Waals surface area contributed by atoms with Gasteiger partial charge in [0, 0.05) is 6.54 Å². The molecule has 2 unspecified atom stereocenters. The van der Waals surface area contributed by atoms with Crippen molar-refractivity contribution in [2.45, 2.75) is 44.6 Å². The molecule has 1 N–H and O–H groups in total. The van der Waals surface area contributed by atoms with E-state index in [1.165, 1.54) is 43.5 Å². The van der Waals surface area contributed by atoms with Crippen LogP contribution in [0.25, 0.3) is 0 Å². The fraction of sp³-hybridized carbons (Fsp3) is 0.647. The molecule has 2 nitrogen and oxygen atoms in total. The SMILES string of the molecule is OC(CN1CCCCC1)C1CCc2ccccc2C1. The van der Waals surface area contributed by atoms with E-state index in [-0.39, 0.29) is 6.10 Å². The fourth-order valence-electron chi connectivity index (χ4n) is 3.61. The van der Waals surface area contributed by atoms with Gasteiger partial charge in [-0.25, -0.2) is 0 Å². The summed E-state index contributed by atoms with van der Waals surface area (Å²) in [4.78, 5) is 2.45. The number of piperidine rings is 1. The lowest BCUT2D eigenvalue weighted by Crippen LogP contribution is -2.40. The van der Waals surface area contributed by atoms with Gasteiger partial charge in [0.25, 0.3) is 0 Å². The summed E-state index contributed by atoms with van der Waals surface area (Å²) in [5, 5.41) is 10.5. The van der Waals surface area contributed by atoms with Crippen molar-refractivity contribution in [3.8, 4) is 0 Å². The van der Waals surface area contributed by atoms with Gasteiger partial charge in [-0.2, -0.15) is 0 Å². The van der Waals surface area contributed by atoms with Gasteiger partial charge in [0.15, 0.2) is 0 Å². The lowest BCUT2D eigenvalue weighted by molar-refractivity contribution is 0.0511. The Morgan fingerprint density at radius 2 is 1.84 bits per heavy atom. The number of aliphatic hydroxyl groups excluding tert-OH is 1. The standard InChI is InChI=1S/C17H25NO/c19-17(13-18-10-4-1-5-11-18)16-9-8-14-6-2-3-7-15(14)12-16/h2-3,6-7,16-17,19H,1,4-5,8-13H2. The van der Waals surface area contributed by atoms with E-state index in [2.05, 4.69) is 29.2 Å². The highest BCUT2D eigenvalue weighted by Gasteiger charge is 2.26. The number of aryl methyl sites for hydroxylation is 1. The van der Waals surface area contributed by atoms with E-state index in [1.807, 2.05) is 0 Å². The Hall–Kier alpha value is -0.860. The molecule has 2 heteroatoms. The summed E-state index contributed by atoms with van der Waals surface area (Å²) < 4.78 is 0. The molecule has 1 aliphatic carbocycles. The van der Waals surface area contributed by atoms with Crippen molar-refractivity contribution in [1.82, 2.24) is 4.90 Å². The average molecular weight is 259 g/mol. The molecular formula is C17H25NO. The van der Waals surface area contributed by atoms with E-state index < -0.39 is 0 Å². The van der Waals surface area contributed by atoms with Crippen LogP contribution in [-0.2, 0) is 12.8 Å². The van der Waals surface area contributed by atoms with E-state index in [4.69, 9.17) is 0 Å². The second kappa shape index (κ2) is 6.06. The first kappa shape index (κ1) is 13.1. The summed E-state index contributed by atoms with van der Waals surface area (Å²) in [6.45, 7) is 3.24. The minimum atomic E-state index is -0.147. The third kappa shape index (κ3) is 3.18. The lowest BCUT2D eigenvalue weighted by Gasteiger charge is -2.33. The van der Waals surface area contributed by atoms with Gasteiger partial charge < -0.3 is 10.0 Å². The number of fused-ring (bicyclic) bond motifs is 1. The van der Waals surface area contributed by atoms with E-state index in [0.29, 0.717) is 5.92 Å². The quantitative estimate of drug-likeness (QED) is 0.902. The molecule has 0 saturated carbocycles. The van der Waals surface area contributed by atoms with Gasteiger partial charge >= 0.3 is 0 Å². The summed E-state index contributed by atoms with van der Waals surface area (Å²) in [5.74, 6) is 0.455. The molecule has 0 spiro atoms. The average Bonchev–Trinajstić information content (AvgIpc) is 2.48. The van der Waals surface area contributed by atoms with Gasteiger partial charge in [0.2, 0.25) is 0 Å². The maximum atomic E-state index is 10.5. The summed E-state index contributed by atoms with van der Waals surface area (Å²) in [5.41, 5.74) is 2.94. The normalized spacial score (nSPS) is 25.8. The molecule has 2 aliphatic rings. The first-order valence-electron chi connectivity index (χ1n) is 7.80. The van der Waals surface area contributed by atoms with Crippen LogP contribution in [0.5, 0.6) is 0 Å². The number of likely N-dealkylation sites (tertiary alicyclic amines) is 1. The van der Waals surface area contributed by atoms with Crippen molar-refractivity contribution in [3.63, 3.8) is 0 Å². The number of benzene rings is 1. The molecule has 2 atom stereocenters. The van der Waals surface area contributed by atoms with Crippen molar-refractivity contribution < 1.29 is 5.11 Å². The lowest BCUT2D eigenvalue weighted by atomic mass is 9.81. The van der Waals surface area contributed by atoms with Crippen LogP contribution in [0.1, 0.15) is 36.8 Å². The first-order valence-corrected chi connectivity index (χ1v) is 7.80. The Kier molecular flexibility index (Phi) is 4.19. The molecule has 0 bridgehead atoms. The van der Waals surface area contributed by atoms with Crippen molar-refractivity contribution >= 4 is 0 Å². The molecule has 104 valence electrons. The van der Waals surface area contributed by atoms with E-state index >= 15 is 0 Å². The van der Waals surface area contributed by atoms with Crippen LogP contribution in [0, 0.1) is 5.92 Å².